The molecule has 0 fully saturated rings. The van der Waals surface area contributed by atoms with Crippen LogP contribution in [0.5, 0.6) is 0 Å². The van der Waals surface area contributed by atoms with E-state index in [4.69, 9.17) is 18.0 Å². The van der Waals surface area contributed by atoms with Gasteiger partial charge in [0.05, 0.1) is 11.5 Å². The van der Waals surface area contributed by atoms with Gasteiger partial charge in [0, 0.05) is 13.0 Å². The maximum atomic E-state index is 11.9. The lowest BCUT2D eigenvalue weighted by Crippen LogP contribution is -2.37. The van der Waals surface area contributed by atoms with Gasteiger partial charge in [0.25, 0.3) is 0 Å². The Labute approximate surface area is 108 Å². The molecule has 0 aliphatic heterocycles. The molecule has 1 aromatic carbocycles. The molecule has 0 aliphatic rings. The van der Waals surface area contributed by atoms with E-state index in [0.717, 1.165) is 6.42 Å². The fourth-order valence-electron chi connectivity index (χ4n) is 1.62. The third-order valence-corrected chi connectivity index (χ3v) is 2.68. The smallest absolute Gasteiger partial charge is 0.223 e. The van der Waals surface area contributed by atoms with E-state index in [1.807, 2.05) is 37.3 Å². The molecule has 1 amide bonds. The van der Waals surface area contributed by atoms with Gasteiger partial charge in [0.2, 0.25) is 5.91 Å². The van der Waals surface area contributed by atoms with E-state index in [9.17, 15) is 4.79 Å². The number of hydrogen-bond donors (Lipinski definition) is 1. The molecular weight excluding hydrogens is 232 g/mol. The van der Waals surface area contributed by atoms with Crippen molar-refractivity contribution < 1.29 is 4.79 Å². The Balaban J connectivity index is 2.45. The second kappa shape index (κ2) is 7.01. The fraction of sp³-hybridized carbons (Fsp3) is 0.385. The van der Waals surface area contributed by atoms with E-state index in [1.54, 1.807) is 4.90 Å². The minimum absolute atomic E-state index is 0.101. The van der Waals surface area contributed by atoms with Gasteiger partial charge in [0.15, 0.2) is 0 Å². The topological polar surface area (TPSA) is 46.3 Å². The van der Waals surface area contributed by atoms with Gasteiger partial charge in [0.1, 0.15) is 0 Å². The van der Waals surface area contributed by atoms with Crippen molar-refractivity contribution >= 4 is 23.1 Å². The summed E-state index contributed by atoms with van der Waals surface area (Å²) in [6.45, 7) is 2.95. The summed E-state index contributed by atoms with van der Waals surface area (Å²) < 4.78 is 0. The van der Waals surface area contributed by atoms with Crippen LogP contribution in [0.15, 0.2) is 30.3 Å². The van der Waals surface area contributed by atoms with Crippen molar-refractivity contribution in [2.75, 3.05) is 13.1 Å². The molecular formula is C13H18N2OS. The van der Waals surface area contributed by atoms with Gasteiger partial charge in [-0.25, -0.2) is 0 Å². The number of nitrogens with zero attached hydrogens (tertiary/aromatic N) is 1. The van der Waals surface area contributed by atoms with Crippen molar-refractivity contribution in [2.45, 2.75) is 19.8 Å². The summed E-state index contributed by atoms with van der Waals surface area (Å²) in [7, 11) is 0. The maximum Gasteiger partial charge on any atom is 0.223 e. The van der Waals surface area contributed by atoms with Gasteiger partial charge < -0.3 is 10.6 Å². The molecule has 1 rings (SSSR count). The largest absolute Gasteiger partial charge is 0.392 e. The number of carbonyl (C=O) groups excluding carboxylic acids is 1. The van der Waals surface area contributed by atoms with Crippen LogP contribution in [-0.2, 0) is 11.2 Å². The number of carbonyl (C=O) groups is 1. The first-order chi connectivity index (χ1) is 8.13. The average molecular weight is 250 g/mol. The van der Waals surface area contributed by atoms with Crippen molar-refractivity contribution in [3.8, 4) is 0 Å². The highest BCUT2D eigenvalue weighted by Crippen LogP contribution is 2.04. The molecule has 0 unspecified atom stereocenters. The maximum absolute atomic E-state index is 11.9. The molecule has 2 N–H and O–H groups in total. The molecule has 0 aliphatic carbocycles. The Kier molecular flexibility index (Phi) is 5.63. The first-order valence-corrected chi connectivity index (χ1v) is 6.14. The Bertz CT molecular complexity index is 378. The third kappa shape index (κ3) is 4.95. The van der Waals surface area contributed by atoms with E-state index in [2.05, 4.69) is 0 Å². The predicted octanol–water partition coefficient (Wildman–Crippen LogP) is 1.75. The lowest BCUT2D eigenvalue weighted by molar-refractivity contribution is -0.130. The van der Waals surface area contributed by atoms with Gasteiger partial charge in [-0.15, -0.1) is 0 Å². The van der Waals surface area contributed by atoms with E-state index in [1.165, 1.54) is 5.56 Å². The summed E-state index contributed by atoms with van der Waals surface area (Å²) in [5.41, 5.74) is 6.62. The first-order valence-electron chi connectivity index (χ1n) is 5.73. The summed E-state index contributed by atoms with van der Waals surface area (Å²) in [5.74, 6) is 0.101. The summed E-state index contributed by atoms with van der Waals surface area (Å²) in [5, 5.41) is 0. The van der Waals surface area contributed by atoms with Gasteiger partial charge >= 0.3 is 0 Å². The summed E-state index contributed by atoms with van der Waals surface area (Å²) >= 11 is 4.82. The summed E-state index contributed by atoms with van der Waals surface area (Å²) in [6.07, 6.45) is 1.26. The van der Waals surface area contributed by atoms with E-state index in [-0.39, 0.29) is 5.91 Å². The Morgan fingerprint density at radius 3 is 2.53 bits per heavy atom. The zero-order chi connectivity index (χ0) is 12.7. The van der Waals surface area contributed by atoms with Crippen LogP contribution in [-0.4, -0.2) is 28.9 Å². The van der Waals surface area contributed by atoms with Crippen LogP contribution in [0, 0.1) is 0 Å². The lowest BCUT2D eigenvalue weighted by Gasteiger charge is -2.20. The molecule has 0 radical (unpaired) electrons. The number of hydrogen-bond acceptors (Lipinski definition) is 2. The summed E-state index contributed by atoms with van der Waals surface area (Å²) in [4.78, 5) is 13.9. The number of aryl methyl sites for hydroxylation is 1. The molecule has 0 atom stereocenters. The molecule has 0 heterocycles. The van der Waals surface area contributed by atoms with Crippen LogP contribution in [0.4, 0.5) is 0 Å². The molecule has 0 saturated carbocycles. The Morgan fingerprint density at radius 2 is 2.00 bits per heavy atom. The number of nitrogens with two attached hydrogens (primary N) is 1. The summed E-state index contributed by atoms with van der Waals surface area (Å²) in [6, 6.07) is 9.98. The van der Waals surface area contributed by atoms with Crippen LogP contribution in [0.25, 0.3) is 0 Å². The second-order valence-corrected chi connectivity index (χ2v) is 4.38. The standard InChI is InChI=1S/C13H18N2OS/c1-2-15(10-12(14)17)13(16)9-8-11-6-4-3-5-7-11/h3-7H,2,8-10H2,1H3,(H2,14,17). The van der Waals surface area contributed by atoms with Gasteiger partial charge in [-0.1, -0.05) is 42.5 Å². The zero-order valence-corrected chi connectivity index (χ0v) is 10.9. The Hall–Kier alpha value is -1.42. The highest BCUT2D eigenvalue weighted by atomic mass is 32.1. The number of benzene rings is 1. The molecule has 92 valence electrons. The third-order valence-electron chi connectivity index (χ3n) is 2.55. The molecule has 17 heavy (non-hydrogen) atoms. The van der Waals surface area contributed by atoms with Crippen molar-refractivity contribution in [1.82, 2.24) is 4.90 Å². The van der Waals surface area contributed by atoms with Crippen molar-refractivity contribution in [3.63, 3.8) is 0 Å². The highest BCUT2D eigenvalue weighted by molar-refractivity contribution is 7.80. The fourth-order valence-corrected chi connectivity index (χ4v) is 1.77. The second-order valence-electron chi connectivity index (χ2n) is 3.86. The van der Waals surface area contributed by atoms with Gasteiger partial charge in [-0.05, 0) is 18.9 Å². The van der Waals surface area contributed by atoms with Crippen LogP contribution < -0.4 is 5.73 Å². The van der Waals surface area contributed by atoms with Crippen molar-refractivity contribution in [2.24, 2.45) is 5.73 Å². The van der Waals surface area contributed by atoms with E-state index < -0.39 is 0 Å². The highest BCUT2D eigenvalue weighted by Gasteiger charge is 2.11. The zero-order valence-electron chi connectivity index (χ0n) is 10.1. The minimum Gasteiger partial charge on any atom is -0.392 e. The van der Waals surface area contributed by atoms with E-state index in [0.29, 0.717) is 24.5 Å². The number of amides is 1. The lowest BCUT2D eigenvalue weighted by atomic mass is 10.1. The predicted molar refractivity (Wildman–Crippen MR) is 73.8 cm³/mol. The number of rotatable bonds is 6. The number of thiocarbonyl (C=S) groups is 1. The van der Waals surface area contributed by atoms with Crippen LogP contribution in [0.3, 0.4) is 0 Å². The van der Waals surface area contributed by atoms with Gasteiger partial charge in [-0.3, -0.25) is 4.79 Å². The molecule has 0 aromatic heterocycles. The van der Waals surface area contributed by atoms with Crippen molar-refractivity contribution in [3.05, 3.63) is 35.9 Å². The molecule has 3 nitrogen and oxygen atoms in total. The molecule has 1 aromatic rings. The Morgan fingerprint density at radius 1 is 1.35 bits per heavy atom. The SMILES string of the molecule is CCN(CC(N)=S)C(=O)CCc1ccccc1. The van der Waals surface area contributed by atoms with Gasteiger partial charge in [-0.2, -0.15) is 0 Å². The molecule has 4 heteroatoms. The first kappa shape index (κ1) is 13.6. The minimum atomic E-state index is 0.101. The van der Waals surface area contributed by atoms with Crippen LogP contribution in [0.2, 0.25) is 0 Å². The van der Waals surface area contributed by atoms with Crippen LogP contribution in [0.1, 0.15) is 18.9 Å². The number of likely N-dealkylation sites (N-methyl/N-ethyl adjacent to an activating group) is 1. The van der Waals surface area contributed by atoms with E-state index >= 15 is 0 Å². The van der Waals surface area contributed by atoms with Crippen molar-refractivity contribution in [1.29, 1.82) is 0 Å². The molecule has 0 bridgehead atoms. The molecule has 0 spiro atoms. The van der Waals surface area contributed by atoms with Crippen LogP contribution >= 0.6 is 12.2 Å². The normalized spacial score (nSPS) is 9.94. The average Bonchev–Trinajstić information content (AvgIpc) is 2.34. The quantitative estimate of drug-likeness (QED) is 0.782. The molecule has 0 saturated heterocycles. The monoisotopic (exact) mass is 250 g/mol.